The van der Waals surface area contributed by atoms with Crippen LogP contribution in [0, 0.1) is 0 Å². The first-order valence-corrected chi connectivity index (χ1v) is 22.6. The molecule has 53 heavy (non-hydrogen) atoms. The molecule has 0 saturated carbocycles. The number of nitrogens with zero attached hydrogens (tertiary/aromatic N) is 1. The second kappa shape index (κ2) is 37.3. The van der Waals surface area contributed by atoms with Crippen LogP contribution < -0.4 is 0 Å². The lowest BCUT2D eigenvalue weighted by atomic mass is 10.0. The molecule has 0 heterocycles. The van der Waals surface area contributed by atoms with Gasteiger partial charge in [0, 0.05) is 19.3 Å². The van der Waals surface area contributed by atoms with E-state index in [0.29, 0.717) is 19.3 Å². The number of rotatable bonds is 41. The third kappa shape index (κ3) is 35.8. The molecule has 8 heteroatoms. The third-order valence-corrected chi connectivity index (χ3v) is 10.5. The Balaban J connectivity index is 4.09. The SMILES string of the molecule is CCCCCCCCCCCCCCCCCCCCCCCCC(=O)OC(COCCC(C(=O)O)[N+](C)(C)C)COC(=O)CCCCCCCCC. The summed E-state index contributed by atoms with van der Waals surface area (Å²) in [5.74, 6) is -1.46. The highest BCUT2D eigenvalue weighted by Crippen LogP contribution is 2.16. The number of carboxylic acids is 1. The molecule has 0 aliphatic heterocycles. The van der Waals surface area contributed by atoms with Crippen molar-refractivity contribution in [2.75, 3.05) is 41.0 Å². The van der Waals surface area contributed by atoms with E-state index in [1.807, 2.05) is 21.1 Å². The summed E-state index contributed by atoms with van der Waals surface area (Å²) in [5, 5.41) is 9.59. The molecule has 2 unspecified atom stereocenters. The molecule has 0 spiro atoms. The van der Waals surface area contributed by atoms with Crippen molar-refractivity contribution >= 4 is 17.9 Å². The number of carbonyl (C=O) groups excluding carboxylic acids is 2. The number of esters is 2. The van der Waals surface area contributed by atoms with Gasteiger partial charge in [0.15, 0.2) is 12.1 Å². The number of aliphatic carboxylic acids is 1. The first-order chi connectivity index (χ1) is 25.6. The van der Waals surface area contributed by atoms with Gasteiger partial charge in [-0.1, -0.05) is 187 Å². The van der Waals surface area contributed by atoms with Gasteiger partial charge < -0.3 is 23.8 Å². The van der Waals surface area contributed by atoms with E-state index in [1.54, 1.807) is 0 Å². The Hall–Kier alpha value is -1.67. The quantitative estimate of drug-likeness (QED) is 0.0377. The van der Waals surface area contributed by atoms with E-state index in [4.69, 9.17) is 14.2 Å². The van der Waals surface area contributed by atoms with Gasteiger partial charge in [-0.15, -0.1) is 0 Å². The maximum absolute atomic E-state index is 12.7. The fourth-order valence-corrected chi connectivity index (χ4v) is 6.98. The number of quaternary nitrogens is 1. The Bertz CT molecular complexity index is 843. The molecule has 0 aromatic heterocycles. The smallest absolute Gasteiger partial charge is 0.362 e. The number of unbranched alkanes of at least 4 members (excludes halogenated alkanes) is 27. The predicted molar refractivity (Wildman–Crippen MR) is 220 cm³/mol. The fraction of sp³-hybridized carbons (Fsp3) is 0.933. The van der Waals surface area contributed by atoms with Crippen molar-refractivity contribution in [2.24, 2.45) is 0 Å². The van der Waals surface area contributed by atoms with Gasteiger partial charge in [-0.2, -0.15) is 0 Å². The fourth-order valence-electron chi connectivity index (χ4n) is 6.98. The van der Waals surface area contributed by atoms with Gasteiger partial charge in [0.05, 0.1) is 34.4 Å². The molecule has 0 radical (unpaired) electrons. The van der Waals surface area contributed by atoms with Gasteiger partial charge in [0.1, 0.15) is 6.61 Å². The number of ether oxygens (including phenoxy) is 3. The summed E-state index contributed by atoms with van der Waals surface area (Å²) < 4.78 is 17.2. The van der Waals surface area contributed by atoms with Gasteiger partial charge in [-0.3, -0.25) is 9.59 Å². The second-order valence-electron chi connectivity index (χ2n) is 16.7. The van der Waals surface area contributed by atoms with E-state index < -0.39 is 18.1 Å². The Morgan fingerprint density at radius 2 is 0.830 bits per heavy atom. The lowest BCUT2D eigenvalue weighted by Crippen LogP contribution is -2.50. The van der Waals surface area contributed by atoms with Crippen molar-refractivity contribution in [1.82, 2.24) is 0 Å². The summed E-state index contributed by atoms with van der Waals surface area (Å²) in [5.41, 5.74) is 0. The number of hydrogen-bond donors (Lipinski definition) is 1. The van der Waals surface area contributed by atoms with E-state index in [1.165, 1.54) is 148 Å². The standard InChI is InChI=1S/C45H87NO7/c1-6-8-10-12-14-15-16-17-18-19-20-21-22-23-24-25-26-27-28-30-32-34-36-44(48)53-41(39-51-38-37-42(45(49)50)46(3,4)5)40-52-43(47)35-33-31-29-13-11-9-7-2/h41-42H,6-40H2,1-5H3/p+1. The van der Waals surface area contributed by atoms with E-state index >= 15 is 0 Å². The zero-order valence-electron chi connectivity index (χ0n) is 35.7. The molecular formula is C45H88NO7+. The van der Waals surface area contributed by atoms with Crippen LogP contribution in [0.5, 0.6) is 0 Å². The molecule has 0 aliphatic rings. The Morgan fingerprint density at radius 1 is 0.491 bits per heavy atom. The predicted octanol–water partition coefficient (Wildman–Crippen LogP) is 12.1. The highest BCUT2D eigenvalue weighted by Gasteiger charge is 2.31. The summed E-state index contributed by atoms with van der Waals surface area (Å²) >= 11 is 0. The minimum Gasteiger partial charge on any atom is -0.477 e. The van der Waals surface area contributed by atoms with Gasteiger partial charge in [0.25, 0.3) is 0 Å². The average Bonchev–Trinajstić information content (AvgIpc) is 3.11. The molecule has 0 saturated heterocycles. The lowest BCUT2D eigenvalue weighted by Gasteiger charge is -2.31. The highest BCUT2D eigenvalue weighted by molar-refractivity contribution is 5.72. The maximum atomic E-state index is 12.7. The van der Waals surface area contributed by atoms with Crippen molar-refractivity contribution < 1.29 is 38.2 Å². The molecule has 314 valence electrons. The Morgan fingerprint density at radius 3 is 1.17 bits per heavy atom. The normalized spacial score (nSPS) is 12.8. The minimum atomic E-state index is -0.872. The summed E-state index contributed by atoms with van der Waals surface area (Å²) in [4.78, 5) is 36.8. The molecule has 0 aromatic carbocycles. The third-order valence-electron chi connectivity index (χ3n) is 10.5. The van der Waals surface area contributed by atoms with Crippen molar-refractivity contribution in [3.63, 3.8) is 0 Å². The van der Waals surface area contributed by atoms with Gasteiger partial charge >= 0.3 is 17.9 Å². The van der Waals surface area contributed by atoms with Crippen LogP contribution in [0.3, 0.4) is 0 Å². The molecule has 0 aliphatic carbocycles. The van der Waals surface area contributed by atoms with Crippen molar-refractivity contribution in [3.05, 3.63) is 0 Å². The molecule has 0 bridgehead atoms. The molecule has 0 fully saturated rings. The number of likely N-dealkylation sites (N-methyl/N-ethyl adjacent to an activating group) is 1. The van der Waals surface area contributed by atoms with Crippen LogP contribution in [-0.4, -0.2) is 80.6 Å². The monoisotopic (exact) mass is 755 g/mol. The van der Waals surface area contributed by atoms with E-state index in [0.717, 1.165) is 38.5 Å². The molecule has 0 rings (SSSR count). The van der Waals surface area contributed by atoms with Crippen LogP contribution in [-0.2, 0) is 28.6 Å². The van der Waals surface area contributed by atoms with Crippen LogP contribution in [0.4, 0.5) is 0 Å². The van der Waals surface area contributed by atoms with Crippen molar-refractivity contribution in [2.45, 2.75) is 231 Å². The second-order valence-corrected chi connectivity index (χ2v) is 16.7. The lowest BCUT2D eigenvalue weighted by molar-refractivity contribution is -0.887. The average molecular weight is 755 g/mol. The first kappa shape index (κ1) is 51.3. The van der Waals surface area contributed by atoms with Crippen LogP contribution in [0.15, 0.2) is 0 Å². The van der Waals surface area contributed by atoms with Crippen LogP contribution in [0.1, 0.15) is 219 Å². The first-order valence-electron chi connectivity index (χ1n) is 22.6. The van der Waals surface area contributed by atoms with Gasteiger partial charge in [0.2, 0.25) is 0 Å². The van der Waals surface area contributed by atoms with Gasteiger partial charge in [-0.05, 0) is 12.8 Å². The Kier molecular flexibility index (Phi) is 36.1. The Labute approximate surface area is 327 Å². The van der Waals surface area contributed by atoms with Crippen molar-refractivity contribution in [3.8, 4) is 0 Å². The summed E-state index contributed by atoms with van der Waals surface area (Å²) in [6, 6.07) is -0.607. The number of carboxylic acid groups (broad SMARTS) is 1. The molecule has 0 amide bonds. The van der Waals surface area contributed by atoms with E-state index in [9.17, 15) is 19.5 Å². The largest absolute Gasteiger partial charge is 0.477 e. The molecule has 8 nitrogen and oxygen atoms in total. The molecule has 1 N–H and O–H groups in total. The van der Waals surface area contributed by atoms with Crippen LogP contribution in [0.25, 0.3) is 0 Å². The minimum absolute atomic E-state index is 0.0435. The molecule has 2 atom stereocenters. The van der Waals surface area contributed by atoms with Gasteiger partial charge in [-0.25, -0.2) is 4.79 Å². The van der Waals surface area contributed by atoms with Crippen molar-refractivity contribution in [1.29, 1.82) is 0 Å². The van der Waals surface area contributed by atoms with Crippen LogP contribution >= 0.6 is 0 Å². The summed E-state index contributed by atoms with van der Waals surface area (Å²) in [6.45, 7) is 4.73. The topological polar surface area (TPSA) is 99.1 Å². The van der Waals surface area contributed by atoms with E-state index in [-0.39, 0.29) is 36.2 Å². The molecule has 0 aromatic rings. The summed E-state index contributed by atoms with van der Waals surface area (Å²) in [7, 11) is 5.53. The molecular weight excluding hydrogens is 666 g/mol. The number of carbonyl (C=O) groups is 3. The van der Waals surface area contributed by atoms with E-state index in [2.05, 4.69) is 13.8 Å². The van der Waals surface area contributed by atoms with Crippen LogP contribution in [0.2, 0.25) is 0 Å². The summed E-state index contributed by atoms with van der Waals surface area (Å²) in [6.07, 6.45) is 37.4. The zero-order valence-corrected chi connectivity index (χ0v) is 35.7. The maximum Gasteiger partial charge on any atom is 0.362 e. The number of hydrogen-bond acceptors (Lipinski definition) is 6. The zero-order chi connectivity index (χ0) is 39.3. The highest BCUT2D eigenvalue weighted by atomic mass is 16.6.